The van der Waals surface area contributed by atoms with E-state index in [0.29, 0.717) is 17.0 Å². The van der Waals surface area contributed by atoms with E-state index in [2.05, 4.69) is 10.5 Å². The molecular formula is C21H17ClFN3O3. The molecule has 1 aliphatic heterocycles. The van der Waals surface area contributed by atoms with Gasteiger partial charge >= 0.3 is 6.03 Å². The van der Waals surface area contributed by atoms with Gasteiger partial charge in [-0.2, -0.15) is 0 Å². The Morgan fingerprint density at radius 2 is 1.90 bits per heavy atom. The maximum Gasteiger partial charge on any atom is 0.325 e. The molecule has 3 aromatic rings. The number of nitrogens with one attached hydrogen (secondary N) is 1. The number of hydrogen-bond acceptors (Lipinski definition) is 4. The SMILES string of the molecule is Cc1ccc(-c2cc(CN3C(=O)NC(C)(c4ccc(F)cc4Cl)C3=O)on2)cc1. The number of nitrogens with zero attached hydrogens (tertiary/aromatic N) is 2. The summed E-state index contributed by atoms with van der Waals surface area (Å²) in [6.45, 7) is 3.43. The molecule has 0 bridgehead atoms. The average Bonchev–Trinajstić information content (AvgIpc) is 3.21. The summed E-state index contributed by atoms with van der Waals surface area (Å²) >= 11 is 6.11. The fourth-order valence-corrected chi connectivity index (χ4v) is 3.68. The van der Waals surface area contributed by atoms with Crippen molar-refractivity contribution in [3.8, 4) is 11.3 Å². The van der Waals surface area contributed by atoms with Gasteiger partial charge in [0, 0.05) is 22.2 Å². The first kappa shape index (κ1) is 19.1. The van der Waals surface area contributed by atoms with Gasteiger partial charge in [0.15, 0.2) is 5.76 Å². The molecule has 1 fully saturated rings. The van der Waals surface area contributed by atoms with Gasteiger partial charge in [-0.1, -0.05) is 52.7 Å². The van der Waals surface area contributed by atoms with Crippen LogP contribution in [0.15, 0.2) is 53.1 Å². The highest BCUT2D eigenvalue weighted by Gasteiger charge is 2.50. The van der Waals surface area contributed by atoms with Crippen molar-refractivity contribution in [1.82, 2.24) is 15.4 Å². The summed E-state index contributed by atoms with van der Waals surface area (Å²) in [4.78, 5) is 26.5. The lowest BCUT2D eigenvalue weighted by atomic mass is 9.92. The number of aromatic nitrogens is 1. The Morgan fingerprint density at radius 3 is 2.59 bits per heavy atom. The van der Waals surface area contributed by atoms with Gasteiger partial charge in [0.05, 0.1) is 6.54 Å². The van der Waals surface area contributed by atoms with Crippen LogP contribution >= 0.6 is 11.6 Å². The van der Waals surface area contributed by atoms with Crippen LogP contribution in [0.4, 0.5) is 9.18 Å². The van der Waals surface area contributed by atoms with Crippen LogP contribution in [-0.4, -0.2) is 22.0 Å². The zero-order valence-electron chi connectivity index (χ0n) is 15.7. The van der Waals surface area contributed by atoms with Gasteiger partial charge in [0.2, 0.25) is 0 Å². The number of aryl methyl sites for hydroxylation is 1. The van der Waals surface area contributed by atoms with E-state index in [4.69, 9.17) is 16.1 Å². The quantitative estimate of drug-likeness (QED) is 0.643. The molecule has 1 N–H and O–H groups in total. The van der Waals surface area contributed by atoms with Crippen LogP contribution in [0.3, 0.4) is 0 Å². The van der Waals surface area contributed by atoms with E-state index in [-0.39, 0.29) is 11.6 Å². The van der Waals surface area contributed by atoms with Crippen LogP contribution in [-0.2, 0) is 16.9 Å². The van der Waals surface area contributed by atoms with Crippen LogP contribution in [0.25, 0.3) is 11.3 Å². The Balaban J connectivity index is 1.58. The first-order valence-electron chi connectivity index (χ1n) is 8.90. The predicted molar refractivity (Wildman–Crippen MR) is 105 cm³/mol. The van der Waals surface area contributed by atoms with Crippen molar-refractivity contribution in [1.29, 1.82) is 0 Å². The molecule has 3 amide bonds. The number of imide groups is 1. The minimum Gasteiger partial charge on any atom is -0.359 e. The highest BCUT2D eigenvalue weighted by Crippen LogP contribution is 2.34. The molecule has 0 spiro atoms. The third kappa shape index (κ3) is 3.38. The van der Waals surface area contributed by atoms with Gasteiger partial charge in [0.25, 0.3) is 5.91 Å². The minimum atomic E-state index is -1.40. The summed E-state index contributed by atoms with van der Waals surface area (Å²) in [6, 6.07) is 12.5. The Hall–Kier alpha value is -3.19. The van der Waals surface area contributed by atoms with E-state index >= 15 is 0 Å². The molecule has 2 heterocycles. The summed E-state index contributed by atoms with van der Waals surface area (Å²) in [5.74, 6) is -0.677. The van der Waals surface area contributed by atoms with Crippen molar-refractivity contribution in [2.45, 2.75) is 25.9 Å². The van der Waals surface area contributed by atoms with E-state index in [9.17, 15) is 14.0 Å². The summed E-state index contributed by atoms with van der Waals surface area (Å²) in [7, 11) is 0. The minimum absolute atomic E-state index is 0.0596. The van der Waals surface area contributed by atoms with E-state index in [1.54, 1.807) is 6.07 Å². The number of carbonyl (C=O) groups excluding carboxylic acids is 2. The zero-order chi connectivity index (χ0) is 20.8. The summed E-state index contributed by atoms with van der Waals surface area (Å²) in [5.41, 5.74) is 1.51. The molecule has 8 heteroatoms. The molecular weight excluding hydrogens is 397 g/mol. The van der Waals surface area contributed by atoms with Crippen LogP contribution in [0, 0.1) is 12.7 Å². The van der Waals surface area contributed by atoms with Crippen LogP contribution < -0.4 is 5.32 Å². The molecule has 0 radical (unpaired) electrons. The fraction of sp³-hybridized carbons (Fsp3) is 0.190. The Morgan fingerprint density at radius 1 is 1.17 bits per heavy atom. The average molecular weight is 414 g/mol. The molecule has 4 rings (SSSR count). The maximum atomic E-state index is 13.4. The van der Waals surface area contributed by atoms with Gasteiger partial charge in [-0.3, -0.25) is 9.69 Å². The second kappa shape index (κ2) is 7.00. The Kier molecular flexibility index (Phi) is 4.62. The van der Waals surface area contributed by atoms with Crippen molar-refractivity contribution >= 4 is 23.5 Å². The summed E-state index contributed by atoms with van der Waals surface area (Å²) in [6.07, 6.45) is 0. The normalized spacial score (nSPS) is 19.0. The summed E-state index contributed by atoms with van der Waals surface area (Å²) < 4.78 is 18.7. The van der Waals surface area contributed by atoms with Crippen LogP contribution in [0.5, 0.6) is 0 Å². The fourth-order valence-electron chi connectivity index (χ4n) is 3.32. The molecule has 0 aliphatic carbocycles. The van der Waals surface area contributed by atoms with Crippen molar-refractivity contribution in [3.05, 3.63) is 76.3 Å². The van der Waals surface area contributed by atoms with Crippen molar-refractivity contribution in [2.75, 3.05) is 0 Å². The van der Waals surface area contributed by atoms with Gasteiger partial charge in [-0.25, -0.2) is 9.18 Å². The lowest BCUT2D eigenvalue weighted by Crippen LogP contribution is -2.41. The van der Waals surface area contributed by atoms with Crippen molar-refractivity contribution in [3.63, 3.8) is 0 Å². The van der Waals surface area contributed by atoms with Crippen molar-refractivity contribution < 1.29 is 18.5 Å². The first-order valence-corrected chi connectivity index (χ1v) is 9.28. The molecule has 1 unspecified atom stereocenters. The number of amides is 3. The highest BCUT2D eigenvalue weighted by atomic mass is 35.5. The molecule has 2 aromatic carbocycles. The number of urea groups is 1. The van der Waals surface area contributed by atoms with Gasteiger partial charge in [-0.15, -0.1) is 0 Å². The Bertz CT molecular complexity index is 1110. The number of rotatable bonds is 4. The predicted octanol–water partition coefficient (Wildman–Crippen LogP) is 4.41. The summed E-state index contributed by atoms with van der Waals surface area (Å²) in [5, 5.41) is 6.72. The topological polar surface area (TPSA) is 75.4 Å². The lowest BCUT2D eigenvalue weighted by molar-refractivity contribution is -0.131. The Labute approximate surface area is 171 Å². The molecule has 0 saturated carbocycles. The van der Waals surface area contributed by atoms with Crippen LogP contribution in [0.1, 0.15) is 23.8 Å². The molecule has 1 atom stereocenters. The number of hydrogen-bond donors (Lipinski definition) is 1. The maximum absolute atomic E-state index is 13.4. The van der Waals surface area contributed by atoms with E-state index in [1.807, 2.05) is 31.2 Å². The monoisotopic (exact) mass is 413 g/mol. The van der Waals surface area contributed by atoms with Crippen LogP contribution in [0.2, 0.25) is 5.02 Å². The lowest BCUT2D eigenvalue weighted by Gasteiger charge is -2.23. The standard InChI is InChI=1S/C21H17ClFN3O3/c1-12-3-5-13(6-4-12)18-10-15(29-25-18)11-26-19(27)21(2,24-20(26)28)16-8-7-14(23)9-17(16)22/h3-10H,11H2,1-2H3,(H,24,28). The molecule has 6 nitrogen and oxygen atoms in total. The third-order valence-electron chi connectivity index (χ3n) is 4.97. The second-order valence-electron chi connectivity index (χ2n) is 7.12. The van der Waals surface area contributed by atoms with E-state index in [1.165, 1.54) is 19.1 Å². The zero-order valence-corrected chi connectivity index (χ0v) is 16.5. The van der Waals surface area contributed by atoms with E-state index < -0.39 is 23.3 Å². The van der Waals surface area contributed by atoms with E-state index in [0.717, 1.165) is 22.1 Å². The smallest absolute Gasteiger partial charge is 0.325 e. The third-order valence-corrected chi connectivity index (χ3v) is 5.28. The highest BCUT2D eigenvalue weighted by molar-refractivity contribution is 6.32. The number of benzene rings is 2. The molecule has 1 saturated heterocycles. The molecule has 1 aromatic heterocycles. The largest absolute Gasteiger partial charge is 0.359 e. The van der Waals surface area contributed by atoms with Crippen molar-refractivity contribution in [2.24, 2.45) is 0 Å². The van der Waals surface area contributed by atoms with Gasteiger partial charge in [-0.05, 0) is 26.0 Å². The van der Waals surface area contributed by atoms with Gasteiger partial charge in [0.1, 0.15) is 17.1 Å². The second-order valence-corrected chi connectivity index (χ2v) is 7.52. The molecule has 148 valence electrons. The molecule has 1 aliphatic rings. The van der Waals surface area contributed by atoms with Gasteiger partial charge < -0.3 is 9.84 Å². The number of carbonyl (C=O) groups is 2. The first-order chi connectivity index (χ1) is 13.8. The number of halogens is 2. The molecule has 29 heavy (non-hydrogen) atoms.